The third-order valence-corrected chi connectivity index (χ3v) is 1.20. The van der Waals surface area contributed by atoms with Gasteiger partial charge in [-0.05, 0) is 19.4 Å². The molecule has 1 atom stereocenters. The van der Waals surface area contributed by atoms with Crippen LogP contribution in [0.2, 0.25) is 0 Å². The molecule has 56 valence electrons. The molecule has 1 N–H and O–H groups in total. The van der Waals surface area contributed by atoms with Crippen LogP contribution in [-0.2, 0) is 0 Å². The van der Waals surface area contributed by atoms with E-state index in [0.717, 1.165) is 19.4 Å². The van der Waals surface area contributed by atoms with Crippen LogP contribution in [0.1, 0.15) is 19.8 Å². The Balaban J connectivity index is 3.42. The van der Waals surface area contributed by atoms with Gasteiger partial charge in [-0.15, -0.1) is 6.58 Å². The van der Waals surface area contributed by atoms with E-state index in [4.69, 9.17) is 5.26 Å². The van der Waals surface area contributed by atoms with Crippen molar-refractivity contribution < 1.29 is 0 Å². The number of nitriles is 1. The molecule has 0 aromatic heterocycles. The van der Waals surface area contributed by atoms with E-state index in [1.807, 2.05) is 0 Å². The number of hydrogen-bond acceptors (Lipinski definition) is 2. The summed E-state index contributed by atoms with van der Waals surface area (Å²) < 4.78 is 0. The van der Waals surface area contributed by atoms with E-state index < -0.39 is 0 Å². The van der Waals surface area contributed by atoms with Crippen molar-refractivity contribution in [2.24, 2.45) is 0 Å². The van der Waals surface area contributed by atoms with Crippen LogP contribution < -0.4 is 5.32 Å². The topological polar surface area (TPSA) is 35.8 Å². The van der Waals surface area contributed by atoms with Gasteiger partial charge in [0.05, 0.1) is 12.1 Å². The molecule has 0 bridgehead atoms. The third-order valence-electron chi connectivity index (χ3n) is 1.20. The van der Waals surface area contributed by atoms with Gasteiger partial charge in [0, 0.05) is 0 Å². The van der Waals surface area contributed by atoms with Crippen LogP contribution in [0.3, 0.4) is 0 Å². The van der Waals surface area contributed by atoms with Crippen molar-refractivity contribution in [3.05, 3.63) is 12.7 Å². The fraction of sp³-hybridized carbons (Fsp3) is 0.625. The number of nitrogens with one attached hydrogen (secondary N) is 1. The van der Waals surface area contributed by atoms with Crippen LogP contribution in [0, 0.1) is 11.3 Å². The maximum atomic E-state index is 8.52. The maximum absolute atomic E-state index is 8.52. The van der Waals surface area contributed by atoms with E-state index in [1.54, 1.807) is 6.08 Å². The van der Waals surface area contributed by atoms with E-state index in [-0.39, 0.29) is 6.04 Å². The molecular formula is C8H14N2. The minimum absolute atomic E-state index is 0.0440. The Morgan fingerprint density at radius 2 is 2.50 bits per heavy atom. The molecule has 10 heavy (non-hydrogen) atoms. The van der Waals surface area contributed by atoms with Crippen molar-refractivity contribution in [3.63, 3.8) is 0 Å². The zero-order valence-corrected chi connectivity index (χ0v) is 6.43. The van der Waals surface area contributed by atoms with Gasteiger partial charge >= 0.3 is 0 Å². The average Bonchev–Trinajstić information content (AvgIpc) is 1.98. The van der Waals surface area contributed by atoms with Crippen LogP contribution in [0.4, 0.5) is 0 Å². The monoisotopic (exact) mass is 138 g/mol. The van der Waals surface area contributed by atoms with E-state index in [0.29, 0.717) is 0 Å². The summed E-state index contributed by atoms with van der Waals surface area (Å²) in [7, 11) is 0. The Morgan fingerprint density at radius 1 is 1.80 bits per heavy atom. The molecule has 0 spiro atoms. The molecule has 0 saturated carbocycles. The minimum atomic E-state index is -0.0440. The van der Waals surface area contributed by atoms with Crippen molar-refractivity contribution in [2.75, 3.05) is 6.54 Å². The van der Waals surface area contributed by atoms with E-state index in [9.17, 15) is 0 Å². The maximum Gasteiger partial charge on any atom is 0.0987 e. The summed E-state index contributed by atoms with van der Waals surface area (Å²) in [5.74, 6) is 0. The minimum Gasteiger partial charge on any atom is -0.302 e. The Kier molecular flexibility index (Phi) is 5.80. The zero-order chi connectivity index (χ0) is 7.82. The molecular weight excluding hydrogens is 124 g/mol. The highest BCUT2D eigenvalue weighted by molar-refractivity contribution is 4.93. The van der Waals surface area contributed by atoms with Gasteiger partial charge in [0.15, 0.2) is 0 Å². The fourth-order valence-corrected chi connectivity index (χ4v) is 0.667. The van der Waals surface area contributed by atoms with Crippen LogP contribution in [0.25, 0.3) is 0 Å². The summed E-state index contributed by atoms with van der Waals surface area (Å²) in [6.07, 6.45) is 3.56. The van der Waals surface area contributed by atoms with E-state index >= 15 is 0 Å². The molecule has 0 radical (unpaired) electrons. The number of nitrogens with zero attached hydrogens (tertiary/aromatic N) is 1. The number of rotatable bonds is 5. The molecule has 0 aromatic carbocycles. The molecule has 0 saturated heterocycles. The quantitative estimate of drug-likeness (QED) is 0.584. The molecule has 0 aliphatic carbocycles. The molecule has 0 rings (SSSR count). The Bertz CT molecular complexity index is 124. The lowest BCUT2D eigenvalue weighted by molar-refractivity contribution is 0.601. The lowest BCUT2D eigenvalue weighted by Gasteiger charge is -2.06. The van der Waals surface area contributed by atoms with Crippen LogP contribution in [0.5, 0.6) is 0 Å². The molecule has 2 heteroatoms. The van der Waals surface area contributed by atoms with Crippen molar-refractivity contribution in [1.29, 1.82) is 5.26 Å². The highest BCUT2D eigenvalue weighted by Gasteiger charge is 2.00. The second-order valence-electron chi connectivity index (χ2n) is 2.16. The Labute approximate surface area is 62.5 Å². The highest BCUT2D eigenvalue weighted by Crippen LogP contribution is 1.89. The largest absolute Gasteiger partial charge is 0.302 e. The summed E-state index contributed by atoms with van der Waals surface area (Å²) in [4.78, 5) is 0. The smallest absolute Gasteiger partial charge is 0.0987 e. The first-order chi connectivity index (χ1) is 4.85. The second kappa shape index (κ2) is 6.31. The molecule has 0 aromatic rings. The van der Waals surface area contributed by atoms with Crippen LogP contribution >= 0.6 is 0 Å². The highest BCUT2D eigenvalue weighted by atomic mass is 14.9. The third kappa shape index (κ3) is 4.11. The predicted octanol–water partition coefficient (Wildman–Crippen LogP) is 1.45. The van der Waals surface area contributed by atoms with Gasteiger partial charge < -0.3 is 5.32 Å². The van der Waals surface area contributed by atoms with Gasteiger partial charge in [-0.2, -0.15) is 5.26 Å². The lowest BCUT2D eigenvalue weighted by atomic mass is 10.2. The van der Waals surface area contributed by atoms with Crippen LogP contribution in [-0.4, -0.2) is 12.6 Å². The van der Waals surface area contributed by atoms with Gasteiger partial charge in [-0.1, -0.05) is 13.0 Å². The standard InChI is InChI=1S/C8H14N2/c1-3-5-8(7-9)10-6-4-2/h3,8,10H,1,4-6H2,2H3. The van der Waals surface area contributed by atoms with E-state index in [1.165, 1.54) is 0 Å². The number of hydrogen-bond donors (Lipinski definition) is 1. The molecule has 0 fully saturated rings. The van der Waals surface area contributed by atoms with Crippen molar-refractivity contribution in [2.45, 2.75) is 25.8 Å². The Morgan fingerprint density at radius 3 is 2.90 bits per heavy atom. The normalized spacial score (nSPS) is 12.0. The van der Waals surface area contributed by atoms with Crippen molar-refractivity contribution in [1.82, 2.24) is 5.32 Å². The molecule has 0 aliphatic heterocycles. The van der Waals surface area contributed by atoms with Crippen molar-refractivity contribution in [3.8, 4) is 6.07 Å². The molecule has 1 unspecified atom stereocenters. The zero-order valence-electron chi connectivity index (χ0n) is 6.43. The SMILES string of the molecule is C=CCC(C#N)NCCC. The fourth-order valence-electron chi connectivity index (χ4n) is 0.667. The predicted molar refractivity (Wildman–Crippen MR) is 42.5 cm³/mol. The lowest BCUT2D eigenvalue weighted by Crippen LogP contribution is -2.27. The Hall–Kier alpha value is -0.810. The summed E-state index contributed by atoms with van der Waals surface area (Å²) in [5.41, 5.74) is 0. The average molecular weight is 138 g/mol. The first-order valence-corrected chi connectivity index (χ1v) is 3.59. The second-order valence-corrected chi connectivity index (χ2v) is 2.16. The molecule has 0 aliphatic rings. The van der Waals surface area contributed by atoms with Crippen molar-refractivity contribution >= 4 is 0 Å². The van der Waals surface area contributed by atoms with Gasteiger partial charge in [0.25, 0.3) is 0 Å². The molecule has 2 nitrogen and oxygen atoms in total. The van der Waals surface area contributed by atoms with Gasteiger partial charge in [-0.3, -0.25) is 0 Å². The van der Waals surface area contributed by atoms with E-state index in [2.05, 4.69) is 24.9 Å². The summed E-state index contributed by atoms with van der Waals surface area (Å²) in [6.45, 7) is 6.55. The molecule has 0 amide bonds. The van der Waals surface area contributed by atoms with Gasteiger partial charge in [-0.25, -0.2) is 0 Å². The summed E-state index contributed by atoms with van der Waals surface area (Å²) >= 11 is 0. The van der Waals surface area contributed by atoms with Gasteiger partial charge in [0.2, 0.25) is 0 Å². The summed E-state index contributed by atoms with van der Waals surface area (Å²) in [5, 5.41) is 11.6. The van der Waals surface area contributed by atoms with Crippen LogP contribution in [0.15, 0.2) is 12.7 Å². The first-order valence-electron chi connectivity index (χ1n) is 3.59. The molecule has 0 heterocycles. The van der Waals surface area contributed by atoms with Gasteiger partial charge in [0.1, 0.15) is 0 Å². The summed E-state index contributed by atoms with van der Waals surface area (Å²) in [6, 6.07) is 2.11. The first kappa shape index (κ1) is 9.19.